The first kappa shape index (κ1) is 16.3. The van der Waals surface area contributed by atoms with Crippen LogP contribution in [-0.2, 0) is 0 Å². The lowest BCUT2D eigenvalue weighted by molar-refractivity contribution is 0.166. The molecule has 1 heterocycles. The van der Waals surface area contributed by atoms with E-state index in [1.807, 2.05) is 0 Å². The largest absolute Gasteiger partial charge is 0.496 e. The van der Waals surface area contributed by atoms with Gasteiger partial charge in [0.1, 0.15) is 5.75 Å². The van der Waals surface area contributed by atoms with Crippen molar-refractivity contribution in [1.29, 1.82) is 0 Å². The average Bonchev–Trinajstić information content (AvgIpc) is 2.47. The Bertz CT molecular complexity index is 447. The predicted octanol–water partition coefficient (Wildman–Crippen LogP) is 3.39. The highest BCUT2D eigenvalue weighted by Gasteiger charge is 2.22. The minimum atomic E-state index is 0.343. The lowest BCUT2D eigenvalue weighted by atomic mass is 9.97. The zero-order valence-electron chi connectivity index (χ0n) is 14.0. The fraction of sp³-hybridized carbons (Fsp3) is 0.667. The molecular formula is C18H30N2O. The first-order valence-electron chi connectivity index (χ1n) is 8.24. The van der Waals surface area contributed by atoms with Gasteiger partial charge in [-0.1, -0.05) is 31.5 Å². The summed E-state index contributed by atoms with van der Waals surface area (Å²) in [4.78, 5) is 2.60. The van der Waals surface area contributed by atoms with Crippen molar-refractivity contribution in [2.24, 2.45) is 5.92 Å². The molecule has 3 heteroatoms. The second-order valence-corrected chi connectivity index (χ2v) is 6.36. The van der Waals surface area contributed by atoms with Gasteiger partial charge < -0.3 is 15.0 Å². The van der Waals surface area contributed by atoms with Crippen molar-refractivity contribution in [3.05, 3.63) is 29.3 Å². The monoisotopic (exact) mass is 290 g/mol. The van der Waals surface area contributed by atoms with Gasteiger partial charge in [-0.15, -0.1) is 0 Å². The standard InChI is InChI=1S/C18H30N2O/c1-5-19-17(13-20-10-6-7-15(3)12-20)16-11-14(2)8-9-18(16)21-4/h8-9,11,15,17,19H,5-7,10,12-13H2,1-4H3. The lowest BCUT2D eigenvalue weighted by Crippen LogP contribution is -2.40. The Labute approximate surface area is 129 Å². The van der Waals surface area contributed by atoms with Gasteiger partial charge >= 0.3 is 0 Å². The van der Waals surface area contributed by atoms with Crippen LogP contribution in [0.15, 0.2) is 18.2 Å². The van der Waals surface area contributed by atoms with Crippen molar-refractivity contribution in [3.8, 4) is 5.75 Å². The van der Waals surface area contributed by atoms with Crippen molar-refractivity contribution in [2.45, 2.75) is 39.7 Å². The molecular weight excluding hydrogens is 260 g/mol. The van der Waals surface area contributed by atoms with Crippen LogP contribution in [0.25, 0.3) is 0 Å². The van der Waals surface area contributed by atoms with Crippen LogP contribution in [0, 0.1) is 12.8 Å². The van der Waals surface area contributed by atoms with E-state index in [1.165, 1.54) is 37.1 Å². The third kappa shape index (κ3) is 4.45. The smallest absolute Gasteiger partial charge is 0.123 e. The number of nitrogens with one attached hydrogen (secondary N) is 1. The first-order valence-corrected chi connectivity index (χ1v) is 8.24. The normalized spacial score (nSPS) is 21.2. The van der Waals surface area contributed by atoms with Gasteiger partial charge in [-0.25, -0.2) is 0 Å². The molecule has 1 fully saturated rings. The molecule has 1 aromatic rings. The number of aryl methyl sites for hydroxylation is 1. The Hall–Kier alpha value is -1.06. The van der Waals surface area contributed by atoms with Crippen LogP contribution >= 0.6 is 0 Å². The van der Waals surface area contributed by atoms with Gasteiger partial charge in [-0.2, -0.15) is 0 Å². The van der Waals surface area contributed by atoms with Gasteiger partial charge in [0.2, 0.25) is 0 Å². The Morgan fingerprint density at radius 1 is 1.43 bits per heavy atom. The number of rotatable bonds is 6. The number of ether oxygens (including phenoxy) is 1. The third-order valence-corrected chi connectivity index (χ3v) is 4.39. The van der Waals surface area contributed by atoms with Crippen molar-refractivity contribution < 1.29 is 4.74 Å². The molecule has 2 atom stereocenters. The maximum absolute atomic E-state index is 5.58. The maximum atomic E-state index is 5.58. The Balaban J connectivity index is 2.16. The molecule has 2 rings (SSSR count). The van der Waals surface area contributed by atoms with E-state index in [1.54, 1.807) is 7.11 Å². The minimum Gasteiger partial charge on any atom is -0.496 e. The molecule has 0 radical (unpaired) electrons. The molecule has 1 aromatic carbocycles. The summed E-state index contributed by atoms with van der Waals surface area (Å²) in [5.41, 5.74) is 2.58. The molecule has 1 aliphatic rings. The second-order valence-electron chi connectivity index (χ2n) is 6.36. The SMILES string of the molecule is CCNC(CN1CCCC(C)C1)c1cc(C)ccc1OC. The second kappa shape index (κ2) is 7.81. The number of methoxy groups -OCH3 is 1. The topological polar surface area (TPSA) is 24.5 Å². The summed E-state index contributed by atoms with van der Waals surface area (Å²) in [5, 5.41) is 3.64. The molecule has 0 spiro atoms. The van der Waals surface area contributed by atoms with E-state index in [9.17, 15) is 0 Å². The van der Waals surface area contributed by atoms with Gasteiger partial charge in [-0.3, -0.25) is 0 Å². The van der Waals surface area contributed by atoms with Gasteiger partial charge in [0.05, 0.1) is 7.11 Å². The number of piperidine rings is 1. The summed E-state index contributed by atoms with van der Waals surface area (Å²) >= 11 is 0. The molecule has 0 amide bonds. The summed E-state index contributed by atoms with van der Waals surface area (Å²) in [6.07, 6.45) is 2.70. The summed E-state index contributed by atoms with van der Waals surface area (Å²) in [7, 11) is 1.76. The van der Waals surface area contributed by atoms with Gasteiger partial charge in [-0.05, 0) is 44.8 Å². The van der Waals surface area contributed by atoms with Crippen LogP contribution in [0.1, 0.15) is 43.9 Å². The molecule has 3 nitrogen and oxygen atoms in total. The van der Waals surface area contributed by atoms with E-state index in [-0.39, 0.29) is 0 Å². The quantitative estimate of drug-likeness (QED) is 0.869. The van der Waals surface area contributed by atoms with Gasteiger partial charge in [0.25, 0.3) is 0 Å². The molecule has 1 saturated heterocycles. The highest BCUT2D eigenvalue weighted by Crippen LogP contribution is 2.28. The predicted molar refractivity (Wildman–Crippen MR) is 89.0 cm³/mol. The molecule has 2 unspecified atom stereocenters. The average molecular weight is 290 g/mol. The van der Waals surface area contributed by atoms with Crippen LogP contribution < -0.4 is 10.1 Å². The molecule has 118 valence electrons. The molecule has 1 aliphatic heterocycles. The van der Waals surface area contributed by atoms with Crippen molar-refractivity contribution in [2.75, 3.05) is 33.3 Å². The summed E-state index contributed by atoms with van der Waals surface area (Å²) in [6, 6.07) is 6.82. The number of likely N-dealkylation sites (tertiary alicyclic amines) is 1. The van der Waals surface area contributed by atoms with Crippen LogP contribution in [-0.4, -0.2) is 38.2 Å². The maximum Gasteiger partial charge on any atom is 0.123 e. The van der Waals surface area contributed by atoms with E-state index in [0.29, 0.717) is 6.04 Å². The van der Waals surface area contributed by atoms with Crippen LogP contribution in [0.4, 0.5) is 0 Å². The summed E-state index contributed by atoms with van der Waals surface area (Å²) < 4.78 is 5.58. The van der Waals surface area contributed by atoms with E-state index in [4.69, 9.17) is 4.74 Å². The number of likely N-dealkylation sites (N-methyl/N-ethyl adjacent to an activating group) is 1. The molecule has 21 heavy (non-hydrogen) atoms. The molecule has 1 N–H and O–H groups in total. The van der Waals surface area contributed by atoms with E-state index < -0.39 is 0 Å². The first-order chi connectivity index (χ1) is 10.1. The van der Waals surface area contributed by atoms with Gasteiger partial charge in [0.15, 0.2) is 0 Å². The van der Waals surface area contributed by atoms with Crippen LogP contribution in [0.3, 0.4) is 0 Å². The van der Waals surface area contributed by atoms with Crippen LogP contribution in [0.5, 0.6) is 5.75 Å². The minimum absolute atomic E-state index is 0.343. The molecule has 0 saturated carbocycles. The van der Waals surface area contributed by atoms with Crippen molar-refractivity contribution in [1.82, 2.24) is 10.2 Å². The third-order valence-electron chi connectivity index (χ3n) is 4.39. The van der Waals surface area contributed by atoms with Crippen molar-refractivity contribution in [3.63, 3.8) is 0 Å². The van der Waals surface area contributed by atoms with Gasteiger partial charge in [0, 0.05) is 24.7 Å². The Kier molecular flexibility index (Phi) is 6.07. The summed E-state index contributed by atoms with van der Waals surface area (Å²) in [5.74, 6) is 1.82. The fourth-order valence-corrected chi connectivity index (χ4v) is 3.36. The Morgan fingerprint density at radius 2 is 2.24 bits per heavy atom. The molecule has 0 bridgehead atoms. The number of nitrogens with zero attached hydrogens (tertiary/aromatic N) is 1. The summed E-state index contributed by atoms with van der Waals surface area (Å²) in [6.45, 7) is 11.2. The fourth-order valence-electron chi connectivity index (χ4n) is 3.36. The van der Waals surface area contributed by atoms with Crippen molar-refractivity contribution >= 4 is 0 Å². The van der Waals surface area contributed by atoms with E-state index >= 15 is 0 Å². The highest BCUT2D eigenvalue weighted by atomic mass is 16.5. The number of hydrogen-bond acceptors (Lipinski definition) is 3. The molecule has 0 aliphatic carbocycles. The Morgan fingerprint density at radius 3 is 2.90 bits per heavy atom. The zero-order valence-corrected chi connectivity index (χ0v) is 14.0. The number of benzene rings is 1. The van der Waals surface area contributed by atoms with Crippen LogP contribution in [0.2, 0.25) is 0 Å². The van der Waals surface area contributed by atoms with E-state index in [2.05, 4.69) is 49.2 Å². The lowest BCUT2D eigenvalue weighted by Gasteiger charge is -2.34. The highest BCUT2D eigenvalue weighted by molar-refractivity contribution is 5.39. The zero-order chi connectivity index (χ0) is 15.2. The van der Waals surface area contributed by atoms with E-state index in [0.717, 1.165) is 24.8 Å². The number of hydrogen-bond donors (Lipinski definition) is 1. The molecule has 0 aromatic heterocycles.